The van der Waals surface area contributed by atoms with Gasteiger partial charge >= 0.3 is 0 Å². The van der Waals surface area contributed by atoms with Crippen LogP contribution in [-0.2, 0) is 21.5 Å². The van der Waals surface area contributed by atoms with E-state index in [1.807, 2.05) is 6.07 Å². The zero-order valence-corrected chi connectivity index (χ0v) is 15.9. The fourth-order valence-corrected chi connectivity index (χ4v) is 4.25. The molecule has 2 heterocycles. The molecule has 0 bridgehead atoms. The number of methoxy groups -OCH3 is 1. The van der Waals surface area contributed by atoms with Gasteiger partial charge in [0.05, 0.1) is 7.11 Å². The Morgan fingerprint density at radius 3 is 2.70 bits per heavy atom. The number of pyridine rings is 1. The first-order valence-corrected chi connectivity index (χ1v) is 9.90. The van der Waals surface area contributed by atoms with Crippen molar-refractivity contribution in [3.8, 4) is 5.75 Å². The minimum atomic E-state index is -3.77. The van der Waals surface area contributed by atoms with Gasteiger partial charge in [-0.25, -0.2) is 0 Å². The van der Waals surface area contributed by atoms with Gasteiger partial charge in [0.25, 0.3) is 10.2 Å². The van der Waals surface area contributed by atoms with E-state index in [1.165, 1.54) is 7.05 Å². The molecule has 2 N–H and O–H groups in total. The Morgan fingerprint density at radius 2 is 2.07 bits per heavy atom. The first-order valence-electron chi connectivity index (χ1n) is 8.46. The Kier molecular flexibility index (Phi) is 5.73. The Labute approximate surface area is 158 Å². The van der Waals surface area contributed by atoms with Crippen molar-refractivity contribution in [1.82, 2.24) is 19.3 Å². The summed E-state index contributed by atoms with van der Waals surface area (Å²) in [4.78, 5) is 16.7. The molecule has 1 aromatic heterocycles. The minimum Gasteiger partial charge on any atom is -0.497 e. The maximum absolute atomic E-state index is 12.7. The van der Waals surface area contributed by atoms with Gasteiger partial charge in [0.2, 0.25) is 5.91 Å². The number of benzene rings is 1. The van der Waals surface area contributed by atoms with Gasteiger partial charge in [-0.1, -0.05) is 18.2 Å². The van der Waals surface area contributed by atoms with Crippen molar-refractivity contribution < 1.29 is 17.9 Å². The van der Waals surface area contributed by atoms with Crippen LogP contribution in [0.1, 0.15) is 23.6 Å². The van der Waals surface area contributed by atoms with Gasteiger partial charge in [-0.2, -0.15) is 17.4 Å². The van der Waals surface area contributed by atoms with E-state index >= 15 is 0 Å². The van der Waals surface area contributed by atoms with E-state index in [2.05, 4.69) is 15.0 Å². The standard InChI is InChI=1S/C18H22N4O4S/c1-22-17(18(23)20-12-13-4-3-9-19-11-13)10-16(21-27(22,24)25)14-5-7-15(26-2)8-6-14/h3-9,11,16-17,21H,10,12H2,1-2H3,(H,20,23)/t16-,17+/m0/s1. The van der Waals surface area contributed by atoms with Crippen molar-refractivity contribution in [3.63, 3.8) is 0 Å². The Bertz CT molecular complexity index is 887. The molecule has 27 heavy (non-hydrogen) atoms. The number of amides is 1. The molecule has 1 fully saturated rings. The third-order valence-corrected chi connectivity index (χ3v) is 6.17. The van der Waals surface area contributed by atoms with E-state index in [4.69, 9.17) is 4.74 Å². The summed E-state index contributed by atoms with van der Waals surface area (Å²) in [5.74, 6) is 0.338. The van der Waals surface area contributed by atoms with Crippen molar-refractivity contribution in [2.24, 2.45) is 0 Å². The van der Waals surface area contributed by atoms with Crippen LogP contribution in [0.15, 0.2) is 48.8 Å². The number of nitrogens with zero attached hydrogens (tertiary/aromatic N) is 2. The molecule has 1 aliphatic rings. The molecule has 144 valence electrons. The van der Waals surface area contributed by atoms with Crippen LogP contribution in [0, 0.1) is 0 Å². The lowest BCUT2D eigenvalue weighted by Crippen LogP contribution is -2.57. The number of carbonyl (C=O) groups excluding carboxylic acids is 1. The number of ether oxygens (including phenoxy) is 1. The van der Waals surface area contributed by atoms with Gasteiger partial charge < -0.3 is 10.1 Å². The lowest BCUT2D eigenvalue weighted by Gasteiger charge is -2.36. The molecular formula is C18H22N4O4S. The van der Waals surface area contributed by atoms with E-state index in [0.29, 0.717) is 12.2 Å². The normalized spacial score (nSPS) is 22.1. The summed E-state index contributed by atoms with van der Waals surface area (Å²) in [7, 11) is -0.804. The fraction of sp³-hybridized carbons (Fsp3) is 0.333. The van der Waals surface area contributed by atoms with Crippen LogP contribution in [-0.4, -0.2) is 43.8 Å². The number of carbonyl (C=O) groups is 1. The zero-order chi connectivity index (χ0) is 19.4. The van der Waals surface area contributed by atoms with Crippen LogP contribution >= 0.6 is 0 Å². The third-order valence-electron chi connectivity index (χ3n) is 4.58. The average Bonchev–Trinajstić information content (AvgIpc) is 2.69. The minimum absolute atomic E-state index is 0.289. The molecule has 1 saturated heterocycles. The molecule has 2 aromatic rings. The highest BCUT2D eigenvalue weighted by atomic mass is 32.2. The maximum atomic E-state index is 12.7. The van der Waals surface area contributed by atoms with Gasteiger partial charge in [-0.05, 0) is 35.7 Å². The molecule has 9 heteroatoms. The number of nitrogens with one attached hydrogen (secondary N) is 2. The first kappa shape index (κ1) is 19.3. The van der Waals surface area contributed by atoms with Crippen LogP contribution in [0.5, 0.6) is 5.75 Å². The topological polar surface area (TPSA) is 101 Å². The smallest absolute Gasteiger partial charge is 0.280 e. The maximum Gasteiger partial charge on any atom is 0.280 e. The van der Waals surface area contributed by atoms with Crippen LogP contribution in [0.2, 0.25) is 0 Å². The number of rotatable bonds is 5. The lowest BCUT2D eigenvalue weighted by atomic mass is 9.99. The Hall–Kier alpha value is -2.49. The molecule has 1 amide bonds. The highest BCUT2D eigenvalue weighted by Crippen LogP contribution is 2.28. The predicted octanol–water partition coefficient (Wildman–Crippen LogP) is 0.986. The van der Waals surface area contributed by atoms with Gasteiger partial charge in [-0.3, -0.25) is 9.78 Å². The molecule has 3 rings (SSSR count). The molecule has 0 spiro atoms. The fourth-order valence-electron chi connectivity index (χ4n) is 2.97. The number of aromatic nitrogens is 1. The summed E-state index contributed by atoms with van der Waals surface area (Å²) in [5.41, 5.74) is 1.62. The Morgan fingerprint density at radius 1 is 1.33 bits per heavy atom. The van der Waals surface area contributed by atoms with E-state index in [0.717, 1.165) is 15.4 Å². The molecule has 0 unspecified atom stereocenters. The molecule has 1 aromatic carbocycles. The van der Waals surface area contributed by atoms with Crippen LogP contribution in [0.3, 0.4) is 0 Å². The van der Waals surface area contributed by atoms with Crippen LogP contribution < -0.4 is 14.8 Å². The van der Waals surface area contributed by atoms with E-state index in [9.17, 15) is 13.2 Å². The summed E-state index contributed by atoms with van der Waals surface area (Å²) >= 11 is 0. The second-order valence-corrected chi connectivity index (χ2v) is 8.06. The summed E-state index contributed by atoms with van der Waals surface area (Å²) in [6.45, 7) is 0.289. The molecule has 0 radical (unpaired) electrons. The molecular weight excluding hydrogens is 368 g/mol. The van der Waals surface area contributed by atoms with Gasteiger partial charge in [0.1, 0.15) is 11.8 Å². The molecule has 2 atom stereocenters. The second-order valence-electron chi connectivity index (χ2n) is 6.30. The number of hydrogen-bond donors (Lipinski definition) is 2. The second kappa shape index (κ2) is 8.03. The van der Waals surface area contributed by atoms with Gasteiger partial charge in [0, 0.05) is 32.0 Å². The summed E-state index contributed by atoms with van der Waals surface area (Å²) in [6.07, 6.45) is 3.63. The van der Waals surface area contributed by atoms with Crippen molar-refractivity contribution >= 4 is 16.1 Å². The quantitative estimate of drug-likeness (QED) is 0.793. The van der Waals surface area contributed by atoms with Crippen molar-refractivity contribution in [2.75, 3.05) is 14.2 Å². The van der Waals surface area contributed by atoms with Crippen molar-refractivity contribution in [2.45, 2.75) is 25.0 Å². The van der Waals surface area contributed by atoms with Gasteiger partial charge in [0.15, 0.2) is 0 Å². The largest absolute Gasteiger partial charge is 0.497 e. The molecule has 8 nitrogen and oxygen atoms in total. The van der Waals surface area contributed by atoms with E-state index in [1.54, 1.807) is 49.8 Å². The highest BCUT2D eigenvalue weighted by molar-refractivity contribution is 7.87. The highest BCUT2D eigenvalue weighted by Gasteiger charge is 2.40. The molecule has 0 aliphatic carbocycles. The van der Waals surface area contributed by atoms with Crippen LogP contribution in [0.4, 0.5) is 0 Å². The van der Waals surface area contributed by atoms with Crippen molar-refractivity contribution in [1.29, 1.82) is 0 Å². The Balaban J connectivity index is 1.75. The molecule has 1 aliphatic heterocycles. The average molecular weight is 390 g/mol. The lowest BCUT2D eigenvalue weighted by molar-refractivity contribution is -0.125. The first-order chi connectivity index (χ1) is 12.9. The number of likely N-dealkylation sites (N-methyl/N-ethyl adjacent to an activating group) is 1. The summed E-state index contributed by atoms with van der Waals surface area (Å²) in [6, 6.07) is 9.44. The molecule has 0 saturated carbocycles. The number of hydrogen-bond acceptors (Lipinski definition) is 5. The van der Waals surface area contributed by atoms with E-state index in [-0.39, 0.29) is 12.5 Å². The third kappa shape index (κ3) is 4.44. The van der Waals surface area contributed by atoms with Gasteiger partial charge in [-0.15, -0.1) is 0 Å². The SMILES string of the molecule is COc1ccc([C@@H]2C[C@H](C(=O)NCc3cccnc3)N(C)S(=O)(=O)N2)cc1. The predicted molar refractivity (Wildman–Crippen MR) is 100 cm³/mol. The monoisotopic (exact) mass is 390 g/mol. The van der Waals surface area contributed by atoms with Crippen LogP contribution in [0.25, 0.3) is 0 Å². The zero-order valence-electron chi connectivity index (χ0n) is 15.1. The van der Waals surface area contributed by atoms with Crippen molar-refractivity contribution in [3.05, 3.63) is 59.9 Å². The summed E-state index contributed by atoms with van der Waals surface area (Å²) < 4.78 is 33.8. The summed E-state index contributed by atoms with van der Waals surface area (Å²) in [5, 5.41) is 2.79. The van der Waals surface area contributed by atoms with E-state index < -0.39 is 22.3 Å².